The van der Waals surface area contributed by atoms with E-state index in [0.29, 0.717) is 24.2 Å². The fraction of sp³-hybridized carbons (Fsp3) is 0.500. The van der Waals surface area contributed by atoms with Crippen LogP contribution in [0.5, 0.6) is 0 Å². The van der Waals surface area contributed by atoms with Crippen molar-refractivity contribution < 1.29 is 9.53 Å². The van der Waals surface area contributed by atoms with Gasteiger partial charge in [0.1, 0.15) is 0 Å². The van der Waals surface area contributed by atoms with Crippen molar-refractivity contribution in [3.63, 3.8) is 0 Å². The average Bonchev–Trinajstić information content (AvgIpc) is 2.71. The molecule has 22 heavy (non-hydrogen) atoms. The average molecular weight is 301 g/mol. The Balaban J connectivity index is 1.89. The van der Waals surface area contributed by atoms with Gasteiger partial charge in [-0.15, -0.1) is 0 Å². The second-order valence-corrected chi connectivity index (χ2v) is 6.53. The lowest BCUT2D eigenvalue weighted by Crippen LogP contribution is -2.72. The maximum atomic E-state index is 12.9. The number of ether oxygens (including phenoxy) is 1. The second kappa shape index (κ2) is 4.23. The zero-order chi connectivity index (χ0) is 15.6. The van der Waals surface area contributed by atoms with Gasteiger partial charge in [0.2, 0.25) is 0 Å². The highest BCUT2D eigenvalue weighted by molar-refractivity contribution is 6.07. The summed E-state index contributed by atoms with van der Waals surface area (Å²) in [5, 5.41) is 0.525. The number of carbonyl (C=O) groups is 1. The van der Waals surface area contributed by atoms with Gasteiger partial charge in [-0.2, -0.15) is 0 Å². The van der Waals surface area contributed by atoms with Gasteiger partial charge >= 0.3 is 0 Å². The number of hydrogen-bond donors (Lipinski definition) is 0. The van der Waals surface area contributed by atoms with E-state index in [1.165, 1.54) is 0 Å². The van der Waals surface area contributed by atoms with E-state index >= 15 is 0 Å². The molecule has 1 spiro atoms. The largest absolute Gasteiger partial charge is 0.376 e. The fourth-order valence-electron chi connectivity index (χ4n) is 3.71. The summed E-state index contributed by atoms with van der Waals surface area (Å²) >= 11 is 0. The molecule has 4 heterocycles. The van der Waals surface area contributed by atoms with Crippen molar-refractivity contribution in [3.8, 4) is 0 Å². The first-order chi connectivity index (χ1) is 10.4. The molecule has 1 amide bonds. The van der Waals surface area contributed by atoms with Crippen LogP contribution in [0, 0.1) is 6.92 Å². The summed E-state index contributed by atoms with van der Waals surface area (Å²) in [4.78, 5) is 27.4. The lowest BCUT2D eigenvalue weighted by molar-refractivity contribution is -0.172. The summed E-state index contributed by atoms with van der Waals surface area (Å²) in [6.07, 6.45) is 4.58. The Hall–Kier alpha value is -2.08. The highest BCUT2D eigenvalue weighted by atomic mass is 16.5. The van der Waals surface area contributed by atoms with Crippen LogP contribution in [0.3, 0.4) is 0 Å². The number of aromatic nitrogens is 2. The number of fused-ring (bicyclic) bond motifs is 1. The smallest absolute Gasteiger partial charge is 0.260 e. The maximum Gasteiger partial charge on any atom is 0.260 e. The molecular weight excluding hydrogens is 282 g/mol. The van der Waals surface area contributed by atoms with E-state index in [9.17, 15) is 9.59 Å². The third-order valence-electron chi connectivity index (χ3n) is 5.07. The van der Waals surface area contributed by atoms with E-state index in [-0.39, 0.29) is 17.0 Å². The van der Waals surface area contributed by atoms with Gasteiger partial charge in [0.25, 0.3) is 11.5 Å². The lowest BCUT2D eigenvalue weighted by Gasteiger charge is -2.57. The number of pyridine rings is 1. The molecule has 6 heteroatoms. The maximum absolute atomic E-state index is 12.9. The number of amides is 1. The molecule has 0 aliphatic carbocycles. The van der Waals surface area contributed by atoms with Crippen LogP contribution in [0.2, 0.25) is 0 Å². The Kier molecular flexibility index (Phi) is 2.61. The van der Waals surface area contributed by atoms with Gasteiger partial charge in [0.05, 0.1) is 35.2 Å². The number of nitrogens with zero attached hydrogens (tertiary/aromatic N) is 3. The number of carbonyl (C=O) groups excluding carboxylic acids is 1. The minimum atomic E-state index is -0.121. The Morgan fingerprint density at radius 1 is 1.23 bits per heavy atom. The second-order valence-electron chi connectivity index (χ2n) is 6.53. The van der Waals surface area contributed by atoms with Crippen LogP contribution >= 0.6 is 0 Å². The summed E-state index contributed by atoms with van der Waals surface area (Å²) in [6.45, 7) is 3.92. The fourth-order valence-corrected chi connectivity index (χ4v) is 3.71. The monoisotopic (exact) mass is 301 g/mol. The molecule has 2 aromatic heterocycles. The van der Waals surface area contributed by atoms with Crippen molar-refractivity contribution in [1.29, 1.82) is 0 Å². The molecule has 2 aromatic rings. The first-order valence-electron chi connectivity index (χ1n) is 7.50. The van der Waals surface area contributed by atoms with Crippen molar-refractivity contribution in [2.24, 2.45) is 14.1 Å². The highest BCUT2D eigenvalue weighted by Crippen LogP contribution is 2.39. The van der Waals surface area contributed by atoms with Gasteiger partial charge in [0.15, 0.2) is 0 Å². The van der Waals surface area contributed by atoms with E-state index in [2.05, 4.69) is 0 Å². The summed E-state index contributed by atoms with van der Waals surface area (Å²) in [6, 6.07) is 0. The zero-order valence-corrected chi connectivity index (χ0v) is 13.0. The summed E-state index contributed by atoms with van der Waals surface area (Å²) in [7, 11) is 3.60. The summed E-state index contributed by atoms with van der Waals surface area (Å²) in [5.74, 6) is -0.0529. The summed E-state index contributed by atoms with van der Waals surface area (Å²) in [5.41, 5.74) is 2.10. The first-order valence-corrected chi connectivity index (χ1v) is 7.50. The molecule has 0 radical (unpaired) electrons. The zero-order valence-electron chi connectivity index (χ0n) is 13.0. The van der Waals surface area contributed by atoms with Gasteiger partial charge in [-0.05, 0) is 18.9 Å². The van der Waals surface area contributed by atoms with Crippen molar-refractivity contribution in [3.05, 3.63) is 33.9 Å². The number of aryl methyl sites for hydroxylation is 3. The first kappa shape index (κ1) is 13.6. The third-order valence-corrected chi connectivity index (χ3v) is 5.07. The topological polar surface area (TPSA) is 56.5 Å². The van der Waals surface area contributed by atoms with Crippen molar-refractivity contribution >= 4 is 16.8 Å². The molecule has 6 nitrogen and oxygen atoms in total. The van der Waals surface area contributed by atoms with Crippen LogP contribution in [0.15, 0.2) is 17.2 Å². The number of hydrogen-bond acceptors (Lipinski definition) is 3. The van der Waals surface area contributed by atoms with Crippen LogP contribution in [0.4, 0.5) is 0 Å². The van der Waals surface area contributed by atoms with Crippen molar-refractivity contribution in [2.75, 3.05) is 19.8 Å². The predicted octanol–water partition coefficient (Wildman–Crippen LogP) is 0.800. The van der Waals surface area contributed by atoms with Crippen LogP contribution in [-0.2, 0) is 18.8 Å². The van der Waals surface area contributed by atoms with Gasteiger partial charge in [-0.3, -0.25) is 9.59 Å². The van der Waals surface area contributed by atoms with E-state index in [0.717, 1.165) is 24.0 Å². The Morgan fingerprint density at radius 3 is 2.50 bits per heavy atom. The van der Waals surface area contributed by atoms with Crippen molar-refractivity contribution in [2.45, 2.75) is 18.9 Å². The minimum Gasteiger partial charge on any atom is -0.376 e. The minimum absolute atomic E-state index is 0.0529. The molecule has 2 aliphatic rings. The number of rotatable bonds is 1. The summed E-state index contributed by atoms with van der Waals surface area (Å²) < 4.78 is 8.71. The normalized spacial score (nSPS) is 19.3. The highest BCUT2D eigenvalue weighted by Gasteiger charge is 2.53. The van der Waals surface area contributed by atoms with Crippen LogP contribution in [0.25, 0.3) is 10.9 Å². The standard InChI is InChI=1S/C16H19N3O3/c1-10-6-18(3)15(21)12-11(7-17(2)13(10)12)14(20)19-5-4-16(19)8-22-9-16/h6-7H,4-5,8-9H2,1-3H3. The molecule has 116 valence electrons. The van der Waals surface area contributed by atoms with E-state index in [1.807, 2.05) is 29.6 Å². The molecule has 0 N–H and O–H groups in total. The molecule has 2 fully saturated rings. The molecule has 0 bridgehead atoms. The van der Waals surface area contributed by atoms with E-state index in [4.69, 9.17) is 4.74 Å². The Bertz CT molecular complexity index is 852. The van der Waals surface area contributed by atoms with Crippen molar-refractivity contribution in [1.82, 2.24) is 14.0 Å². The van der Waals surface area contributed by atoms with Crippen LogP contribution in [-0.4, -0.2) is 45.2 Å². The molecule has 0 atom stereocenters. The van der Waals surface area contributed by atoms with E-state index in [1.54, 1.807) is 17.8 Å². The Morgan fingerprint density at radius 2 is 1.95 bits per heavy atom. The molecule has 0 saturated carbocycles. The quantitative estimate of drug-likeness (QED) is 0.783. The molecule has 0 aromatic carbocycles. The van der Waals surface area contributed by atoms with Crippen LogP contribution in [0.1, 0.15) is 22.3 Å². The van der Waals surface area contributed by atoms with Gasteiger partial charge in [-0.1, -0.05) is 0 Å². The van der Waals surface area contributed by atoms with Gasteiger partial charge < -0.3 is 18.8 Å². The lowest BCUT2D eigenvalue weighted by atomic mass is 9.82. The molecule has 2 saturated heterocycles. The number of likely N-dealkylation sites (tertiary alicyclic amines) is 1. The van der Waals surface area contributed by atoms with Crippen LogP contribution < -0.4 is 5.56 Å². The SMILES string of the molecule is Cc1cn(C)c(=O)c2c(C(=O)N3CCC34COC4)cn(C)c12. The Labute approximate surface area is 127 Å². The molecule has 2 aliphatic heterocycles. The van der Waals surface area contributed by atoms with Gasteiger partial charge in [-0.25, -0.2) is 0 Å². The molecule has 0 unspecified atom stereocenters. The predicted molar refractivity (Wildman–Crippen MR) is 82.1 cm³/mol. The third kappa shape index (κ3) is 1.53. The molecular formula is C16H19N3O3. The molecule has 4 rings (SSSR count). The van der Waals surface area contributed by atoms with E-state index < -0.39 is 0 Å². The van der Waals surface area contributed by atoms with Gasteiger partial charge in [0, 0.05) is 33.0 Å².